The maximum Gasteiger partial charge on any atom is 0.286 e. The molecule has 1 fully saturated rings. The molecule has 0 spiro atoms. The Morgan fingerprint density at radius 3 is 2.71 bits per heavy atom. The number of nitrogens with zero attached hydrogens (tertiary/aromatic N) is 2. The van der Waals surface area contributed by atoms with Crippen LogP contribution in [0.3, 0.4) is 0 Å². The molecule has 0 saturated carbocycles. The van der Waals surface area contributed by atoms with E-state index in [2.05, 4.69) is 5.32 Å². The maximum absolute atomic E-state index is 13.2. The Hall–Kier alpha value is -2.97. The summed E-state index contributed by atoms with van der Waals surface area (Å²) in [5.41, 5.74) is 1.04. The first-order chi connectivity index (χ1) is 19.8. The first kappa shape index (κ1) is 31.0. The molecule has 3 heterocycles. The largest absolute Gasteiger partial charge is 0.497 e. The fourth-order valence-corrected chi connectivity index (χ4v) is 6.92. The van der Waals surface area contributed by atoms with Gasteiger partial charge in [0.1, 0.15) is 5.75 Å². The zero-order valence-electron chi connectivity index (χ0n) is 23.1. The van der Waals surface area contributed by atoms with Crippen molar-refractivity contribution in [3.05, 3.63) is 58.5 Å². The first-order valence-corrected chi connectivity index (χ1v) is 16.0. The molecule has 4 rings (SSSR count). The second kappa shape index (κ2) is 14.8. The summed E-state index contributed by atoms with van der Waals surface area (Å²) in [7, 11) is -2.39. The number of nitrogens with one attached hydrogen (secondary N) is 1. The number of carbonyl (C=O) groups is 2. The van der Waals surface area contributed by atoms with Crippen LogP contribution in [-0.2, 0) is 29.1 Å². The lowest BCUT2D eigenvalue weighted by Gasteiger charge is -2.30. The van der Waals surface area contributed by atoms with Crippen LogP contribution in [-0.4, -0.2) is 93.9 Å². The van der Waals surface area contributed by atoms with E-state index in [1.54, 1.807) is 29.5 Å². The van der Waals surface area contributed by atoms with Crippen LogP contribution in [0.2, 0.25) is 0 Å². The summed E-state index contributed by atoms with van der Waals surface area (Å²) in [5.74, 6) is 0.357. The second-order valence-electron chi connectivity index (χ2n) is 9.75. The molecule has 1 saturated heterocycles. The molecule has 2 aliphatic heterocycles. The highest BCUT2D eigenvalue weighted by Crippen LogP contribution is 2.32. The fourth-order valence-electron chi connectivity index (χ4n) is 4.78. The number of thiophene rings is 1. The zero-order chi connectivity index (χ0) is 29.2. The van der Waals surface area contributed by atoms with Gasteiger partial charge in [-0.15, -0.1) is 0 Å². The molecule has 13 heteroatoms. The molecule has 2 aliphatic rings. The molecule has 2 amide bonds. The summed E-state index contributed by atoms with van der Waals surface area (Å²) in [6.07, 6.45) is 3.57. The Kier molecular flexibility index (Phi) is 11.2. The molecule has 2 aromatic rings. The smallest absolute Gasteiger partial charge is 0.286 e. The van der Waals surface area contributed by atoms with Crippen molar-refractivity contribution in [2.75, 3.05) is 53.0 Å². The highest BCUT2D eigenvalue weighted by atomic mass is 32.2. The highest BCUT2D eigenvalue weighted by Gasteiger charge is 2.30. The van der Waals surface area contributed by atoms with Gasteiger partial charge in [0.25, 0.3) is 5.91 Å². The monoisotopic (exact) mass is 607 g/mol. The highest BCUT2D eigenvalue weighted by molar-refractivity contribution is 7.89. The Bertz CT molecular complexity index is 1280. The van der Waals surface area contributed by atoms with Crippen molar-refractivity contribution >= 4 is 33.2 Å². The summed E-state index contributed by atoms with van der Waals surface area (Å²) in [6.45, 7) is 1.29. The number of amides is 2. The Morgan fingerprint density at radius 1 is 1.24 bits per heavy atom. The standard InChI is InChI=1S/C28H37N3O8S2/c1-37-23-5-7-24(8-6-23)41(35,36)31(13-15-32)14-16-38-27-19-22(21-9-17-40-20-21)18-25(39-27)28(34)29-10-3-12-30-11-2-4-26(30)33/h5-9,17-18,20,22,27,32H,2-4,10-16,19H2,1H3,(H,29,34). The van der Waals surface area contributed by atoms with Gasteiger partial charge in [0.15, 0.2) is 5.76 Å². The zero-order valence-corrected chi connectivity index (χ0v) is 24.7. The normalized spacial score (nSPS) is 19.2. The molecule has 0 aliphatic carbocycles. The number of rotatable bonds is 15. The molecule has 0 bridgehead atoms. The molecule has 41 heavy (non-hydrogen) atoms. The lowest BCUT2D eigenvalue weighted by molar-refractivity contribution is -0.146. The van der Waals surface area contributed by atoms with Crippen LogP contribution in [0.5, 0.6) is 5.75 Å². The molecular formula is C28H37N3O8S2. The number of hydrogen-bond acceptors (Lipinski definition) is 9. The van der Waals surface area contributed by atoms with E-state index in [1.165, 1.54) is 19.2 Å². The molecule has 1 aromatic carbocycles. The van der Waals surface area contributed by atoms with Crippen molar-refractivity contribution in [1.82, 2.24) is 14.5 Å². The minimum atomic E-state index is -3.89. The summed E-state index contributed by atoms with van der Waals surface area (Å²) in [4.78, 5) is 26.6. The topological polar surface area (TPSA) is 135 Å². The van der Waals surface area contributed by atoms with E-state index < -0.39 is 16.3 Å². The maximum atomic E-state index is 13.2. The number of benzene rings is 1. The van der Waals surface area contributed by atoms with Gasteiger partial charge in [0.05, 0.1) is 25.2 Å². The first-order valence-electron chi connectivity index (χ1n) is 13.6. The summed E-state index contributed by atoms with van der Waals surface area (Å²) >= 11 is 1.55. The molecule has 2 unspecified atom stereocenters. The van der Waals surface area contributed by atoms with E-state index in [4.69, 9.17) is 14.2 Å². The van der Waals surface area contributed by atoms with E-state index in [0.29, 0.717) is 38.1 Å². The average Bonchev–Trinajstić information content (AvgIpc) is 3.67. The number of aliphatic hydroxyl groups is 1. The van der Waals surface area contributed by atoms with Gasteiger partial charge in [0.2, 0.25) is 22.2 Å². The van der Waals surface area contributed by atoms with Gasteiger partial charge in [0, 0.05) is 51.5 Å². The van der Waals surface area contributed by atoms with Crippen LogP contribution >= 0.6 is 11.3 Å². The minimum absolute atomic E-state index is 0.00479. The summed E-state index contributed by atoms with van der Waals surface area (Å²) in [6, 6.07) is 8.01. The Balaban J connectivity index is 1.34. The summed E-state index contributed by atoms with van der Waals surface area (Å²) < 4.78 is 44.5. The predicted molar refractivity (Wildman–Crippen MR) is 153 cm³/mol. The predicted octanol–water partition coefficient (Wildman–Crippen LogP) is 2.30. The molecule has 0 radical (unpaired) electrons. The summed E-state index contributed by atoms with van der Waals surface area (Å²) in [5, 5.41) is 16.4. The van der Waals surface area contributed by atoms with Gasteiger partial charge in [-0.25, -0.2) is 8.42 Å². The Morgan fingerprint density at radius 2 is 2.05 bits per heavy atom. The van der Waals surface area contributed by atoms with Crippen molar-refractivity contribution < 1.29 is 37.3 Å². The second-order valence-corrected chi connectivity index (χ2v) is 12.5. The van der Waals surface area contributed by atoms with Crippen LogP contribution in [0.15, 0.2) is 57.8 Å². The van der Waals surface area contributed by atoms with E-state index in [0.717, 1.165) is 22.8 Å². The molecule has 2 N–H and O–H groups in total. The molecule has 1 aromatic heterocycles. The molecule has 224 valence electrons. The Labute approximate surface area is 244 Å². The molecule has 2 atom stereocenters. The van der Waals surface area contributed by atoms with Gasteiger partial charge in [-0.1, -0.05) is 0 Å². The van der Waals surface area contributed by atoms with Gasteiger partial charge < -0.3 is 29.5 Å². The van der Waals surface area contributed by atoms with Crippen LogP contribution in [0.4, 0.5) is 0 Å². The van der Waals surface area contributed by atoms with Gasteiger partial charge in [-0.2, -0.15) is 15.6 Å². The van der Waals surface area contributed by atoms with Gasteiger partial charge >= 0.3 is 0 Å². The number of methoxy groups -OCH3 is 1. The number of likely N-dealkylation sites (tertiary alicyclic amines) is 1. The molecular weight excluding hydrogens is 570 g/mol. The SMILES string of the molecule is COc1ccc(S(=O)(=O)N(CCO)CCOC2CC(c3ccsc3)C=C(C(=O)NCCCN3CCCC3=O)O2)cc1. The van der Waals surface area contributed by atoms with E-state index in [-0.39, 0.29) is 54.7 Å². The number of aliphatic hydroxyl groups excluding tert-OH is 1. The lowest BCUT2D eigenvalue weighted by atomic mass is 9.95. The van der Waals surface area contributed by atoms with Gasteiger partial charge in [-0.3, -0.25) is 9.59 Å². The van der Waals surface area contributed by atoms with E-state index in [1.807, 2.05) is 21.7 Å². The van der Waals surface area contributed by atoms with Crippen LogP contribution in [0.25, 0.3) is 0 Å². The quantitative estimate of drug-likeness (QED) is 0.295. The van der Waals surface area contributed by atoms with Crippen LogP contribution in [0.1, 0.15) is 37.2 Å². The molecule has 11 nitrogen and oxygen atoms in total. The van der Waals surface area contributed by atoms with Crippen LogP contribution in [0, 0.1) is 0 Å². The van der Waals surface area contributed by atoms with Gasteiger partial charge in [-0.05, 0) is 65.6 Å². The third-order valence-electron chi connectivity index (χ3n) is 7.01. The van der Waals surface area contributed by atoms with Crippen molar-refractivity contribution in [2.24, 2.45) is 0 Å². The lowest BCUT2D eigenvalue weighted by Crippen LogP contribution is -2.38. The van der Waals surface area contributed by atoms with Crippen LogP contribution < -0.4 is 10.1 Å². The third kappa shape index (κ3) is 8.29. The van der Waals surface area contributed by atoms with Crippen molar-refractivity contribution in [2.45, 2.75) is 42.8 Å². The third-order valence-corrected chi connectivity index (χ3v) is 9.62. The number of ether oxygens (including phenoxy) is 3. The average molecular weight is 608 g/mol. The number of carbonyl (C=O) groups excluding carboxylic acids is 2. The van der Waals surface area contributed by atoms with Crippen molar-refractivity contribution in [1.29, 1.82) is 0 Å². The fraction of sp³-hybridized carbons (Fsp3) is 0.500. The number of allylic oxidation sites excluding steroid dienone is 1. The van der Waals surface area contributed by atoms with E-state index >= 15 is 0 Å². The number of hydrogen-bond donors (Lipinski definition) is 2. The van der Waals surface area contributed by atoms with E-state index in [9.17, 15) is 23.1 Å². The van der Waals surface area contributed by atoms with Crippen molar-refractivity contribution in [3.63, 3.8) is 0 Å². The minimum Gasteiger partial charge on any atom is -0.497 e. The number of sulfonamides is 1. The van der Waals surface area contributed by atoms with Crippen molar-refractivity contribution in [3.8, 4) is 5.75 Å².